The Kier molecular flexibility index (Phi) is 10.4. The summed E-state index contributed by atoms with van der Waals surface area (Å²) < 4.78 is 0. The van der Waals surface area contributed by atoms with Gasteiger partial charge in [0.15, 0.2) is 0 Å². The highest BCUT2D eigenvalue weighted by Gasteiger charge is 2.13. The zero-order chi connectivity index (χ0) is 13.8. The summed E-state index contributed by atoms with van der Waals surface area (Å²) in [6, 6.07) is 0. The molecular weight excluding hydrogens is 230 g/mol. The van der Waals surface area contributed by atoms with E-state index in [4.69, 9.17) is 5.11 Å². The number of carbonyl (C=O) groups excluding carboxylic acids is 1. The molecule has 1 N–H and O–H groups in total. The molecule has 0 rings (SSSR count). The maximum atomic E-state index is 11.7. The lowest BCUT2D eigenvalue weighted by Gasteiger charge is -2.18. The highest BCUT2D eigenvalue weighted by molar-refractivity contribution is 5.81. The molecule has 0 saturated carbocycles. The minimum Gasteiger partial charge on any atom is -0.480 e. The lowest BCUT2D eigenvalue weighted by atomic mass is 10.1. The van der Waals surface area contributed by atoms with E-state index in [9.17, 15) is 9.59 Å². The topological polar surface area (TPSA) is 57.6 Å². The molecule has 0 aromatic carbocycles. The molecule has 0 aliphatic rings. The second-order valence-corrected chi connectivity index (χ2v) is 4.67. The van der Waals surface area contributed by atoms with Gasteiger partial charge in [-0.3, -0.25) is 9.59 Å². The number of rotatable bonds is 11. The number of carbonyl (C=O) groups is 2. The molecule has 0 radical (unpaired) electrons. The van der Waals surface area contributed by atoms with Gasteiger partial charge in [-0.25, -0.2) is 0 Å². The van der Waals surface area contributed by atoms with Crippen molar-refractivity contribution in [1.82, 2.24) is 4.90 Å². The van der Waals surface area contributed by atoms with Crippen molar-refractivity contribution >= 4 is 11.9 Å². The first-order chi connectivity index (χ1) is 8.61. The van der Waals surface area contributed by atoms with E-state index in [2.05, 4.69) is 6.92 Å². The van der Waals surface area contributed by atoms with Gasteiger partial charge in [-0.05, 0) is 13.3 Å². The molecular formula is C14H27NO3. The smallest absolute Gasteiger partial charge is 0.323 e. The van der Waals surface area contributed by atoms with E-state index in [1.165, 1.54) is 37.0 Å². The van der Waals surface area contributed by atoms with Crippen LogP contribution in [0.2, 0.25) is 0 Å². The van der Waals surface area contributed by atoms with Crippen molar-refractivity contribution in [2.45, 2.75) is 65.2 Å². The van der Waals surface area contributed by atoms with Crippen LogP contribution in [-0.4, -0.2) is 35.0 Å². The molecule has 0 aliphatic carbocycles. The minimum atomic E-state index is -0.940. The van der Waals surface area contributed by atoms with Crippen molar-refractivity contribution in [3.05, 3.63) is 0 Å². The van der Waals surface area contributed by atoms with Gasteiger partial charge in [-0.1, -0.05) is 45.4 Å². The number of hydrogen-bond donors (Lipinski definition) is 1. The Morgan fingerprint density at radius 3 is 2.00 bits per heavy atom. The third-order valence-corrected chi connectivity index (χ3v) is 3.05. The Labute approximate surface area is 110 Å². The highest BCUT2D eigenvalue weighted by Crippen LogP contribution is 2.09. The molecule has 18 heavy (non-hydrogen) atoms. The van der Waals surface area contributed by atoms with Crippen molar-refractivity contribution < 1.29 is 14.7 Å². The van der Waals surface area contributed by atoms with Crippen LogP contribution in [0, 0.1) is 0 Å². The largest absolute Gasteiger partial charge is 0.480 e. The normalized spacial score (nSPS) is 10.3. The summed E-state index contributed by atoms with van der Waals surface area (Å²) in [5, 5.41) is 8.66. The molecule has 4 nitrogen and oxygen atoms in total. The second-order valence-electron chi connectivity index (χ2n) is 4.67. The summed E-state index contributed by atoms with van der Waals surface area (Å²) in [5.41, 5.74) is 0. The first-order valence-electron chi connectivity index (χ1n) is 7.11. The predicted molar refractivity (Wildman–Crippen MR) is 72.5 cm³/mol. The Balaban J connectivity index is 3.59. The van der Waals surface area contributed by atoms with Crippen LogP contribution in [-0.2, 0) is 9.59 Å². The average Bonchev–Trinajstić information content (AvgIpc) is 2.34. The van der Waals surface area contributed by atoms with Crippen LogP contribution >= 0.6 is 0 Å². The van der Waals surface area contributed by atoms with Gasteiger partial charge in [0.25, 0.3) is 0 Å². The fraction of sp³-hybridized carbons (Fsp3) is 0.857. The number of hydrogen-bond acceptors (Lipinski definition) is 2. The van der Waals surface area contributed by atoms with E-state index in [1.54, 1.807) is 0 Å². The van der Waals surface area contributed by atoms with E-state index >= 15 is 0 Å². The molecule has 0 fully saturated rings. The second kappa shape index (κ2) is 11.1. The van der Waals surface area contributed by atoms with Gasteiger partial charge in [0.05, 0.1) is 0 Å². The number of amides is 1. The van der Waals surface area contributed by atoms with Crippen LogP contribution in [0.1, 0.15) is 65.2 Å². The van der Waals surface area contributed by atoms with Crippen LogP contribution in [0.15, 0.2) is 0 Å². The van der Waals surface area contributed by atoms with E-state index < -0.39 is 5.97 Å². The fourth-order valence-corrected chi connectivity index (χ4v) is 1.93. The monoisotopic (exact) mass is 257 g/mol. The maximum Gasteiger partial charge on any atom is 0.323 e. The molecule has 0 saturated heterocycles. The van der Waals surface area contributed by atoms with Crippen LogP contribution in [0.25, 0.3) is 0 Å². The Bertz CT molecular complexity index is 241. The lowest BCUT2D eigenvalue weighted by Crippen LogP contribution is -2.35. The Morgan fingerprint density at radius 2 is 1.50 bits per heavy atom. The van der Waals surface area contributed by atoms with E-state index in [0.717, 1.165) is 12.8 Å². The molecule has 106 valence electrons. The zero-order valence-electron chi connectivity index (χ0n) is 11.8. The van der Waals surface area contributed by atoms with Crippen molar-refractivity contribution in [1.29, 1.82) is 0 Å². The van der Waals surface area contributed by atoms with Gasteiger partial charge in [0.1, 0.15) is 6.54 Å². The number of carboxylic acids is 1. The molecule has 4 heteroatoms. The average molecular weight is 257 g/mol. The summed E-state index contributed by atoms with van der Waals surface area (Å²) >= 11 is 0. The SMILES string of the molecule is CCCCCCCCCC(=O)N(CC)CC(=O)O. The maximum absolute atomic E-state index is 11.7. The van der Waals surface area contributed by atoms with Gasteiger partial charge in [-0.15, -0.1) is 0 Å². The summed E-state index contributed by atoms with van der Waals surface area (Å²) in [6.07, 6.45) is 8.67. The number of unbranched alkanes of at least 4 members (excludes halogenated alkanes) is 6. The lowest BCUT2D eigenvalue weighted by molar-refractivity contribution is -0.144. The standard InChI is InChI=1S/C14H27NO3/c1-3-5-6-7-8-9-10-11-13(16)15(4-2)12-14(17)18/h3-12H2,1-2H3,(H,17,18). The number of carboxylic acid groups (broad SMARTS) is 1. The van der Waals surface area contributed by atoms with Gasteiger partial charge >= 0.3 is 5.97 Å². The van der Waals surface area contributed by atoms with Crippen LogP contribution in [0.4, 0.5) is 0 Å². The first kappa shape index (κ1) is 16.9. The minimum absolute atomic E-state index is 0.0338. The summed E-state index contributed by atoms with van der Waals surface area (Å²) in [6.45, 7) is 4.31. The van der Waals surface area contributed by atoms with Crippen LogP contribution in [0.3, 0.4) is 0 Å². The van der Waals surface area contributed by atoms with Crippen LogP contribution in [0.5, 0.6) is 0 Å². The van der Waals surface area contributed by atoms with Gasteiger partial charge in [0, 0.05) is 13.0 Å². The quantitative estimate of drug-likeness (QED) is 0.579. The molecule has 0 bridgehead atoms. The molecule has 0 aromatic heterocycles. The van der Waals surface area contributed by atoms with E-state index in [1.807, 2.05) is 6.92 Å². The summed E-state index contributed by atoms with van der Waals surface area (Å²) in [5.74, 6) is -0.974. The highest BCUT2D eigenvalue weighted by atomic mass is 16.4. The third-order valence-electron chi connectivity index (χ3n) is 3.05. The fourth-order valence-electron chi connectivity index (χ4n) is 1.93. The van der Waals surface area contributed by atoms with E-state index in [0.29, 0.717) is 13.0 Å². The first-order valence-corrected chi connectivity index (χ1v) is 7.11. The molecule has 0 unspecified atom stereocenters. The van der Waals surface area contributed by atoms with Gasteiger partial charge in [-0.2, -0.15) is 0 Å². The van der Waals surface area contributed by atoms with E-state index in [-0.39, 0.29) is 12.5 Å². The molecule has 0 aliphatic heterocycles. The molecule has 0 aromatic rings. The van der Waals surface area contributed by atoms with Crippen LogP contribution < -0.4 is 0 Å². The van der Waals surface area contributed by atoms with Gasteiger partial charge in [0.2, 0.25) is 5.91 Å². The third kappa shape index (κ3) is 9.02. The number of likely N-dealkylation sites (N-methyl/N-ethyl adjacent to an activating group) is 1. The van der Waals surface area contributed by atoms with Crippen molar-refractivity contribution in [2.24, 2.45) is 0 Å². The Hall–Kier alpha value is -1.06. The zero-order valence-corrected chi connectivity index (χ0v) is 11.8. The molecule has 1 amide bonds. The van der Waals surface area contributed by atoms with Crippen molar-refractivity contribution in [3.63, 3.8) is 0 Å². The molecule has 0 atom stereocenters. The predicted octanol–water partition coefficient (Wildman–Crippen LogP) is 3.06. The number of aliphatic carboxylic acids is 1. The summed E-state index contributed by atoms with van der Waals surface area (Å²) in [7, 11) is 0. The molecule has 0 heterocycles. The van der Waals surface area contributed by atoms with Crippen molar-refractivity contribution in [2.75, 3.05) is 13.1 Å². The Morgan fingerprint density at radius 1 is 0.944 bits per heavy atom. The number of nitrogens with zero attached hydrogens (tertiary/aromatic N) is 1. The molecule has 0 spiro atoms. The van der Waals surface area contributed by atoms with Gasteiger partial charge < -0.3 is 10.0 Å². The summed E-state index contributed by atoms with van der Waals surface area (Å²) in [4.78, 5) is 23.7. The van der Waals surface area contributed by atoms with Crippen molar-refractivity contribution in [3.8, 4) is 0 Å².